The van der Waals surface area contributed by atoms with Crippen molar-refractivity contribution in [1.82, 2.24) is 0 Å². The molecule has 0 bridgehead atoms. The third-order valence-corrected chi connectivity index (χ3v) is 4.76. The van der Waals surface area contributed by atoms with Crippen LogP contribution in [0.25, 0.3) is 11.0 Å². The van der Waals surface area contributed by atoms with Gasteiger partial charge in [-0.05, 0) is 26.7 Å². The van der Waals surface area contributed by atoms with E-state index in [1.54, 1.807) is 19.9 Å². The Labute approximate surface area is 150 Å². The molecule has 0 aliphatic carbocycles. The van der Waals surface area contributed by atoms with Gasteiger partial charge in [0.1, 0.15) is 40.9 Å². The van der Waals surface area contributed by atoms with Crippen molar-refractivity contribution >= 4 is 11.0 Å². The molecule has 1 aromatic heterocycles. The molecule has 3 rings (SSSR count). The van der Waals surface area contributed by atoms with Crippen molar-refractivity contribution in [2.45, 2.75) is 51.4 Å². The van der Waals surface area contributed by atoms with Gasteiger partial charge in [-0.1, -0.05) is 0 Å². The van der Waals surface area contributed by atoms with Gasteiger partial charge in [0.25, 0.3) is 0 Å². The fraction of sp³-hybridized carbons (Fsp3) is 0.526. The molecule has 0 saturated carbocycles. The van der Waals surface area contributed by atoms with Crippen LogP contribution < -0.4 is 14.9 Å². The van der Waals surface area contributed by atoms with Crippen molar-refractivity contribution in [3.63, 3.8) is 0 Å². The quantitative estimate of drug-likeness (QED) is 0.709. The molecule has 1 aliphatic heterocycles. The predicted molar refractivity (Wildman–Crippen MR) is 94.8 cm³/mol. The van der Waals surface area contributed by atoms with E-state index >= 15 is 0 Å². The first-order valence-corrected chi connectivity index (χ1v) is 8.61. The van der Waals surface area contributed by atoms with Crippen LogP contribution in [0.1, 0.15) is 37.2 Å². The van der Waals surface area contributed by atoms with Crippen LogP contribution in [0.4, 0.5) is 0 Å². The van der Waals surface area contributed by atoms with Gasteiger partial charge < -0.3 is 29.2 Å². The average Bonchev–Trinajstić information content (AvgIpc) is 3.03. The average molecular weight is 364 g/mol. The lowest BCUT2D eigenvalue weighted by molar-refractivity contribution is -0.0229. The Hall–Kier alpha value is -2.09. The number of fused-ring (bicyclic) bond motifs is 2. The van der Waals surface area contributed by atoms with Gasteiger partial charge in [-0.2, -0.15) is 0 Å². The number of ether oxygens (including phenoxy) is 2. The summed E-state index contributed by atoms with van der Waals surface area (Å²) in [5.74, 6) is 1.04. The first-order valence-electron chi connectivity index (χ1n) is 8.61. The molecule has 3 N–H and O–H groups in total. The smallest absolute Gasteiger partial charge is 0.200 e. The van der Waals surface area contributed by atoms with Gasteiger partial charge in [-0.25, -0.2) is 0 Å². The second-order valence-corrected chi connectivity index (χ2v) is 7.04. The third-order valence-electron chi connectivity index (χ3n) is 4.76. The lowest BCUT2D eigenvalue weighted by Gasteiger charge is -2.24. The Morgan fingerprint density at radius 2 is 2.08 bits per heavy atom. The summed E-state index contributed by atoms with van der Waals surface area (Å²) in [4.78, 5) is 13.0. The zero-order valence-corrected chi connectivity index (χ0v) is 15.2. The van der Waals surface area contributed by atoms with Crippen molar-refractivity contribution in [2.75, 3.05) is 13.7 Å². The van der Waals surface area contributed by atoms with E-state index in [2.05, 4.69) is 0 Å². The van der Waals surface area contributed by atoms with Crippen LogP contribution in [0.3, 0.4) is 0 Å². The minimum atomic E-state index is -1.06. The Balaban J connectivity index is 2.24. The van der Waals surface area contributed by atoms with Gasteiger partial charge in [0, 0.05) is 30.2 Å². The topological polar surface area (TPSA) is 109 Å². The fourth-order valence-electron chi connectivity index (χ4n) is 3.35. The van der Waals surface area contributed by atoms with E-state index in [1.165, 1.54) is 7.11 Å². The van der Waals surface area contributed by atoms with Crippen LogP contribution in [0.2, 0.25) is 0 Å². The summed E-state index contributed by atoms with van der Waals surface area (Å²) in [7, 11) is 1.47. The van der Waals surface area contributed by atoms with Crippen LogP contribution in [-0.4, -0.2) is 40.7 Å². The molecule has 1 aliphatic rings. The van der Waals surface area contributed by atoms with Crippen LogP contribution in [-0.2, 0) is 19.4 Å². The second-order valence-electron chi connectivity index (χ2n) is 7.04. The molecule has 1 aromatic carbocycles. The molecule has 2 heterocycles. The molecule has 0 unspecified atom stereocenters. The van der Waals surface area contributed by atoms with Crippen molar-refractivity contribution in [3.8, 4) is 11.5 Å². The largest absolute Gasteiger partial charge is 0.495 e. The van der Waals surface area contributed by atoms with E-state index in [4.69, 9.17) is 19.0 Å². The number of rotatable bonds is 6. The van der Waals surface area contributed by atoms with E-state index in [9.17, 15) is 15.0 Å². The summed E-state index contributed by atoms with van der Waals surface area (Å²) in [6.07, 6.45) is 0.628. The Morgan fingerprint density at radius 3 is 2.65 bits per heavy atom. The normalized spacial score (nSPS) is 16.6. The van der Waals surface area contributed by atoms with Gasteiger partial charge in [0.05, 0.1) is 12.7 Å². The molecule has 142 valence electrons. The Morgan fingerprint density at radius 1 is 1.35 bits per heavy atom. The highest BCUT2D eigenvalue weighted by Crippen LogP contribution is 2.43. The van der Waals surface area contributed by atoms with E-state index in [0.29, 0.717) is 41.9 Å². The van der Waals surface area contributed by atoms with Crippen molar-refractivity contribution < 1.29 is 29.2 Å². The van der Waals surface area contributed by atoms with E-state index < -0.39 is 18.3 Å². The molecular formula is C19H24O7. The monoisotopic (exact) mass is 364 g/mol. The van der Waals surface area contributed by atoms with Crippen LogP contribution >= 0.6 is 0 Å². The van der Waals surface area contributed by atoms with E-state index in [-0.39, 0.29) is 28.8 Å². The fourth-order valence-corrected chi connectivity index (χ4v) is 3.35. The maximum atomic E-state index is 13.0. The predicted octanol–water partition coefficient (Wildman–Crippen LogP) is 1.29. The first-order chi connectivity index (χ1) is 12.3. The highest BCUT2D eigenvalue weighted by Gasteiger charge is 2.38. The summed E-state index contributed by atoms with van der Waals surface area (Å²) in [6, 6.07) is 1.61. The Kier molecular flexibility index (Phi) is 4.96. The summed E-state index contributed by atoms with van der Waals surface area (Å²) in [6.45, 7) is 2.84. The van der Waals surface area contributed by atoms with E-state index in [1.807, 2.05) is 0 Å². The van der Waals surface area contributed by atoms with Crippen molar-refractivity contribution in [1.29, 1.82) is 0 Å². The molecular weight excluding hydrogens is 340 g/mol. The number of aliphatic hydroxyl groups is 3. The zero-order valence-electron chi connectivity index (χ0n) is 15.2. The minimum Gasteiger partial charge on any atom is -0.495 e. The molecule has 0 amide bonds. The molecule has 7 heteroatoms. The summed E-state index contributed by atoms with van der Waals surface area (Å²) in [5.41, 5.74) is -0.0284. The molecule has 7 nitrogen and oxygen atoms in total. The third kappa shape index (κ3) is 3.06. The maximum absolute atomic E-state index is 13.0. The van der Waals surface area contributed by atoms with Crippen molar-refractivity contribution in [2.24, 2.45) is 0 Å². The second kappa shape index (κ2) is 6.90. The van der Waals surface area contributed by atoms with Crippen LogP contribution in [0.5, 0.6) is 11.5 Å². The maximum Gasteiger partial charge on any atom is 0.200 e. The van der Waals surface area contributed by atoms with Gasteiger partial charge in [-0.3, -0.25) is 4.79 Å². The number of methoxy groups -OCH3 is 1. The molecule has 2 aromatic rings. The van der Waals surface area contributed by atoms with Gasteiger partial charge in [-0.15, -0.1) is 0 Å². The van der Waals surface area contributed by atoms with Gasteiger partial charge in [0.15, 0.2) is 5.43 Å². The van der Waals surface area contributed by atoms with Crippen LogP contribution in [0.15, 0.2) is 15.3 Å². The Bertz CT molecular complexity index is 876. The lowest BCUT2D eigenvalue weighted by Crippen LogP contribution is -2.39. The lowest BCUT2D eigenvalue weighted by atomic mass is 9.95. The molecule has 0 fully saturated rings. The molecule has 26 heavy (non-hydrogen) atoms. The number of aliphatic hydroxyl groups excluding tert-OH is 2. The number of hydrogen-bond acceptors (Lipinski definition) is 7. The SMILES string of the molecule is COc1c2c(cc3oc(CO)c(CCCO)c(=O)c13)O[C@@H](C(C)(C)O)C2. The highest BCUT2D eigenvalue weighted by atomic mass is 16.5. The molecule has 0 spiro atoms. The van der Waals surface area contributed by atoms with E-state index in [0.717, 1.165) is 0 Å². The minimum absolute atomic E-state index is 0.0647. The van der Waals surface area contributed by atoms with Crippen LogP contribution in [0, 0.1) is 0 Å². The molecule has 0 radical (unpaired) electrons. The standard InChI is InChI=1S/C19H24O7/c1-19(2,23)15-7-11-12(26-15)8-13-16(18(11)24-3)17(22)10(5-4-6-20)14(9-21)25-13/h8,15,20-21,23H,4-7,9H2,1-3H3/t15-/m1/s1. The number of benzene rings is 1. The first kappa shape index (κ1) is 18.7. The zero-order chi connectivity index (χ0) is 19.1. The summed E-state index contributed by atoms with van der Waals surface area (Å²) >= 11 is 0. The summed E-state index contributed by atoms with van der Waals surface area (Å²) < 4.78 is 17.1. The highest BCUT2D eigenvalue weighted by molar-refractivity contribution is 5.88. The molecule has 0 saturated heterocycles. The number of hydrogen-bond donors (Lipinski definition) is 3. The van der Waals surface area contributed by atoms with Crippen molar-refractivity contribution in [3.05, 3.63) is 33.2 Å². The molecule has 1 atom stereocenters. The summed E-state index contributed by atoms with van der Waals surface area (Å²) in [5, 5.41) is 29.2. The van der Waals surface area contributed by atoms with Gasteiger partial charge in [0.2, 0.25) is 0 Å². The van der Waals surface area contributed by atoms with Gasteiger partial charge >= 0.3 is 0 Å².